The van der Waals surface area contributed by atoms with Gasteiger partial charge in [0.05, 0.1) is 22.1 Å². The lowest BCUT2D eigenvalue weighted by Crippen LogP contribution is -2.72. The fourth-order valence-corrected chi connectivity index (χ4v) is 16.8. The van der Waals surface area contributed by atoms with Crippen molar-refractivity contribution in [3.8, 4) is 44.8 Å². The Morgan fingerprint density at radius 2 is 0.672 bits per heavy atom. The molecule has 2 aromatic heterocycles. The molecule has 3 heterocycles. The van der Waals surface area contributed by atoms with Crippen LogP contribution in [0.5, 0.6) is 0 Å². The van der Waals surface area contributed by atoms with Gasteiger partial charge in [-0.05, 0) is 126 Å². The van der Waals surface area contributed by atoms with Crippen molar-refractivity contribution in [2.24, 2.45) is 0 Å². The molecule has 0 atom stereocenters. The molecule has 0 fully saturated rings. The first-order valence-corrected chi connectivity index (χ1v) is 25.2. The largest absolute Gasteiger partial charge is 0.309 e. The van der Waals surface area contributed by atoms with E-state index in [0.717, 1.165) is 0 Å². The summed E-state index contributed by atoms with van der Waals surface area (Å²) in [5, 5.41) is 13.2. The van der Waals surface area contributed by atoms with Crippen molar-refractivity contribution in [1.82, 2.24) is 9.13 Å². The summed E-state index contributed by atoms with van der Waals surface area (Å²) in [5.41, 5.74) is 14.8. The molecule has 1 aliphatic rings. The van der Waals surface area contributed by atoms with Crippen LogP contribution >= 0.6 is 0 Å². The molecule has 1 aliphatic heterocycles. The average Bonchev–Trinajstić information content (AvgIpc) is 4.02. The predicted molar refractivity (Wildman–Crippen MR) is 286 cm³/mol. The molecule has 0 amide bonds. The van der Waals surface area contributed by atoms with E-state index in [2.05, 4.69) is 264 Å². The van der Waals surface area contributed by atoms with Crippen molar-refractivity contribution in [2.45, 2.75) is 0 Å². The fraction of sp³-hybridized carbons (Fsp3) is 0. The van der Waals surface area contributed by atoms with Crippen LogP contribution in [0.15, 0.2) is 255 Å². The summed E-state index contributed by atoms with van der Waals surface area (Å²) in [6.45, 7) is 0. The van der Waals surface area contributed by atoms with Crippen LogP contribution in [0.1, 0.15) is 0 Å². The van der Waals surface area contributed by atoms with Gasteiger partial charge in [0, 0.05) is 32.9 Å². The first-order chi connectivity index (χ1) is 33.2. The van der Waals surface area contributed by atoms with E-state index in [1.165, 1.54) is 120 Å². The molecule has 0 saturated heterocycles. The quantitative estimate of drug-likeness (QED) is 0.147. The molecule has 0 bridgehead atoms. The molecule has 0 N–H and O–H groups in total. The molecule has 14 rings (SSSR count). The highest BCUT2D eigenvalue weighted by atomic mass is 28.3. The van der Waals surface area contributed by atoms with Gasteiger partial charge in [0.25, 0.3) is 0 Å². The molecular weight excluding hydrogens is 825 g/mol. The normalized spacial score (nSPS) is 12.9. The summed E-state index contributed by atoms with van der Waals surface area (Å²) < 4.78 is 4.83. The zero-order chi connectivity index (χ0) is 44.1. The summed E-state index contributed by atoms with van der Waals surface area (Å²) in [4.78, 5) is 0. The van der Waals surface area contributed by atoms with Gasteiger partial charge in [-0.2, -0.15) is 0 Å². The summed E-state index contributed by atoms with van der Waals surface area (Å²) in [5.74, 6) is 0. The molecule has 13 aromatic rings. The zero-order valence-corrected chi connectivity index (χ0v) is 37.6. The van der Waals surface area contributed by atoms with E-state index >= 15 is 0 Å². The molecule has 0 spiro atoms. The standard InChI is InChI=1S/C64H42N2Si/c1-4-18-49(19-5-1)65-59-26-14-12-24-53(59)57-39-45(31-36-61(57)65)47-29-34-55-56-35-30-48(42-64(56)67(63(55)41-47,51-20-6-2-7-21-51)52-22-8-3-9-23-52)46-32-37-62-58(40-46)54-25-13-15-27-60(54)66(62)50-33-28-43-16-10-11-17-44(43)38-50/h1-42H. The monoisotopic (exact) mass is 866 g/mol. The molecule has 0 saturated carbocycles. The number of hydrogen-bond acceptors (Lipinski definition) is 0. The highest BCUT2D eigenvalue weighted by molar-refractivity contribution is 7.22. The van der Waals surface area contributed by atoms with E-state index in [9.17, 15) is 0 Å². The lowest BCUT2D eigenvalue weighted by molar-refractivity contribution is 1.18. The maximum Gasteiger partial charge on any atom is 0.180 e. The van der Waals surface area contributed by atoms with Crippen molar-refractivity contribution < 1.29 is 0 Å². The number of para-hydroxylation sites is 3. The van der Waals surface area contributed by atoms with Crippen molar-refractivity contribution in [1.29, 1.82) is 0 Å². The molecule has 2 nitrogen and oxygen atoms in total. The number of nitrogens with zero attached hydrogens (tertiary/aromatic N) is 2. The second-order valence-corrected chi connectivity index (χ2v) is 21.8. The van der Waals surface area contributed by atoms with Gasteiger partial charge >= 0.3 is 0 Å². The number of aromatic nitrogens is 2. The number of rotatable bonds is 6. The Morgan fingerprint density at radius 3 is 1.22 bits per heavy atom. The third-order valence-electron chi connectivity index (χ3n) is 14.6. The third kappa shape index (κ3) is 5.62. The van der Waals surface area contributed by atoms with E-state index in [1.54, 1.807) is 0 Å². The van der Waals surface area contributed by atoms with Crippen LogP contribution in [0.3, 0.4) is 0 Å². The highest BCUT2D eigenvalue weighted by Gasteiger charge is 2.49. The Bertz CT molecular complexity index is 4050. The van der Waals surface area contributed by atoms with Crippen molar-refractivity contribution in [2.75, 3.05) is 0 Å². The Balaban J connectivity index is 0.960. The van der Waals surface area contributed by atoms with Crippen LogP contribution in [0, 0.1) is 0 Å². The molecular formula is C64H42N2Si. The summed E-state index contributed by atoms with van der Waals surface area (Å²) in [7, 11) is -2.86. The minimum absolute atomic E-state index is 1.17. The van der Waals surface area contributed by atoms with Gasteiger partial charge < -0.3 is 9.13 Å². The predicted octanol–water partition coefficient (Wildman–Crippen LogP) is 13.7. The summed E-state index contributed by atoms with van der Waals surface area (Å²) in [6.07, 6.45) is 0. The van der Waals surface area contributed by atoms with Crippen molar-refractivity contribution in [3.05, 3.63) is 255 Å². The Hall–Kier alpha value is -8.50. The minimum atomic E-state index is -2.86. The SMILES string of the molecule is c1ccc(-n2c3ccccc3c3cc(-c4ccc5c(c4)[Si](c4ccccc4)(c4ccccc4)c4cc(-c6ccc7c(c6)c6ccccc6n7-c6ccc7ccccc7c6)ccc4-5)ccc32)cc1. The first-order valence-electron chi connectivity index (χ1n) is 23.2. The van der Waals surface area contributed by atoms with Crippen LogP contribution in [-0.4, -0.2) is 17.2 Å². The number of fused-ring (bicyclic) bond motifs is 10. The van der Waals surface area contributed by atoms with Gasteiger partial charge in [0.2, 0.25) is 0 Å². The molecule has 312 valence electrons. The Kier molecular flexibility index (Phi) is 8.34. The molecule has 11 aromatic carbocycles. The summed E-state index contributed by atoms with van der Waals surface area (Å²) >= 11 is 0. The van der Waals surface area contributed by atoms with E-state index in [1.807, 2.05) is 0 Å². The summed E-state index contributed by atoms with van der Waals surface area (Å²) in [6, 6.07) is 95.4. The number of hydrogen-bond donors (Lipinski definition) is 0. The highest BCUT2D eigenvalue weighted by Crippen LogP contribution is 2.39. The van der Waals surface area contributed by atoms with Gasteiger partial charge in [-0.15, -0.1) is 0 Å². The van der Waals surface area contributed by atoms with Crippen molar-refractivity contribution >= 4 is 83.2 Å². The van der Waals surface area contributed by atoms with Crippen LogP contribution in [-0.2, 0) is 0 Å². The maximum atomic E-state index is 2.55. The zero-order valence-electron chi connectivity index (χ0n) is 36.6. The van der Waals surface area contributed by atoms with E-state index in [-0.39, 0.29) is 0 Å². The van der Waals surface area contributed by atoms with Gasteiger partial charge in [0.15, 0.2) is 8.07 Å². The molecule has 3 heteroatoms. The molecule has 67 heavy (non-hydrogen) atoms. The first kappa shape index (κ1) is 37.8. The molecule has 0 radical (unpaired) electrons. The fourth-order valence-electron chi connectivity index (χ4n) is 11.6. The van der Waals surface area contributed by atoms with Crippen LogP contribution in [0.25, 0.3) is 99.1 Å². The van der Waals surface area contributed by atoms with Crippen LogP contribution in [0.4, 0.5) is 0 Å². The van der Waals surface area contributed by atoms with E-state index < -0.39 is 8.07 Å². The second-order valence-electron chi connectivity index (χ2n) is 18.0. The van der Waals surface area contributed by atoms with Crippen LogP contribution < -0.4 is 20.7 Å². The smallest absolute Gasteiger partial charge is 0.180 e. The van der Waals surface area contributed by atoms with E-state index in [0.29, 0.717) is 0 Å². The third-order valence-corrected chi connectivity index (χ3v) is 19.4. The Morgan fingerprint density at radius 1 is 0.254 bits per heavy atom. The van der Waals surface area contributed by atoms with Gasteiger partial charge in [0.1, 0.15) is 0 Å². The topological polar surface area (TPSA) is 9.86 Å². The molecule has 0 unspecified atom stereocenters. The Labute approximate surface area is 389 Å². The average molecular weight is 867 g/mol. The van der Waals surface area contributed by atoms with Gasteiger partial charge in [-0.3, -0.25) is 0 Å². The maximum absolute atomic E-state index is 2.86. The van der Waals surface area contributed by atoms with Crippen molar-refractivity contribution in [3.63, 3.8) is 0 Å². The lowest BCUT2D eigenvalue weighted by atomic mass is 9.97. The van der Waals surface area contributed by atoms with E-state index in [4.69, 9.17) is 0 Å². The van der Waals surface area contributed by atoms with Gasteiger partial charge in [-0.25, -0.2) is 0 Å². The second kappa shape index (κ2) is 14.8. The minimum Gasteiger partial charge on any atom is -0.309 e. The number of benzene rings is 11. The van der Waals surface area contributed by atoms with Crippen LogP contribution in [0.2, 0.25) is 0 Å². The van der Waals surface area contributed by atoms with Gasteiger partial charge in [-0.1, -0.05) is 194 Å². The lowest BCUT2D eigenvalue weighted by Gasteiger charge is -2.32. The molecule has 0 aliphatic carbocycles.